The van der Waals surface area contributed by atoms with Crippen LogP contribution in [-0.4, -0.2) is 18.4 Å². The van der Waals surface area contributed by atoms with E-state index in [1.165, 1.54) is 18.2 Å². The van der Waals surface area contributed by atoms with E-state index in [0.717, 1.165) is 0 Å². The number of rotatable bonds is 7. The van der Waals surface area contributed by atoms with E-state index in [4.69, 9.17) is 4.74 Å². The van der Waals surface area contributed by atoms with Gasteiger partial charge in [0.2, 0.25) is 0 Å². The second kappa shape index (κ2) is 9.32. The summed E-state index contributed by atoms with van der Waals surface area (Å²) in [5, 5.41) is 5.45. The lowest BCUT2D eigenvalue weighted by Gasteiger charge is -2.19. The van der Waals surface area contributed by atoms with E-state index in [9.17, 15) is 14.0 Å². The van der Waals surface area contributed by atoms with Gasteiger partial charge in [0, 0.05) is 11.8 Å². The minimum absolute atomic E-state index is 0.236. The Morgan fingerprint density at radius 2 is 1.57 bits per heavy atom. The van der Waals surface area contributed by atoms with Crippen LogP contribution in [0.3, 0.4) is 0 Å². The van der Waals surface area contributed by atoms with Crippen LogP contribution in [0, 0.1) is 5.82 Å². The van der Waals surface area contributed by atoms with Crippen molar-refractivity contribution in [2.45, 2.75) is 6.04 Å². The molecule has 3 rings (SSSR count). The first kappa shape index (κ1) is 19.1. The minimum atomic E-state index is -0.898. The maximum atomic E-state index is 13.2. The van der Waals surface area contributed by atoms with Crippen LogP contribution >= 0.6 is 0 Å². The number of carbonyl (C=O) groups excluding carboxylic acids is 2. The molecule has 3 aromatic rings. The van der Waals surface area contributed by atoms with E-state index in [0.29, 0.717) is 11.3 Å². The predicted molar refractivity (Wildman–Crippen MR) is 104 cm³/mol. The summed E-state index contributed by atoms with van der Waals surface area (Å²) in [5.41, 5.74) is 1.26. The number of para-hydroxylation sites is 1. The summed E-state index contributed by atoms with van der Waals surface area (Å²) >= 11 is 0. The molecule has 0 aliphatic heterocycles. The third-order valence-corrected chi connectivity index (χ3v) is 3.91. The molecule has 0 spiro atoms. The SMILES string of the molecule is O=C(COc1cccc(F)c1)NC(C(=O)Nc1ccccc1)c1ccccc1. The summed E-state index contributed by atoms with van der Waals surface area (Å²) < 4.78 is 18.5. The number of amides is 2. The summed E-state index contributed by atoms with van der Waals surface area (Å²) in [4.78, 5) is 25.1. The Hall–Kier alpha value is -3.67. The van der Waals surface area contributed by atoms with Crippen LogP contribution < -0.4 is 15.4 Å². The predicted octanol–water partition coefficient (Wildman–Crippen LogP) is 3.70. The van der Waals surface area contributed by atoms with Crippen molar-refractivity contribution in [3.05, 3.63) is 96.3 Å². The van der Waals surface area contributed by atoms with E-state index in [1.54, 1.807) is 54.6 Å². The average Bonchev–Trinajstić information content (AvgIpc) is 2.72. The zero-order valence-electron chi connectivity index (χ0n) is 15.0. The molecule has 3 aromatic carbocycles. The Kier molecular flexibility index (Phi) is 6.36. The molecule has 2 amide bonds. The Labute approximate surface area is 162 Å². The molecule has 0 aromatic heterocycles. The van der Waals surface area contributed by atoms with Gasteiger partial charge >= 0.3 is 0 Å². The van der Waals surface area contributed by atoms with Gasteiger partial charge in [0.25, 0.3) is 11.8 Å². The monoisotopic (exact) mass is 378 g/mol. The highest BCUT2D eigenvalue weighted by Gasteiger charge is 2.23. The molecule has 1 unspecified atom stereocenters. The summed E-state index contributed by atoms with van der Waals surface area (Å²) in [6, 6.07) is 22.5. The Bertz CT molecular complexity index is 933. The van der Waals surface area contributed by atoms with Crippen LogP contribution in [0.5, 0.6) is 5.75 Å². The number of carbonyl (C=O) groups is 2. The van der Waals surface area contributed by atoms with E-state index in [2.05, 4.69) is 10.6 Å². The summed E-state index contributed by atoms with van der Waals surface area (Å²) in [6.45, 7) is -0.342. The molecule has 0 aliphatic carbocycles. The fraction of sp³-hybridized carbons (Fsp3) is 0.0909. The minimum Gasteiger partial charge on any atom is -0.484 e. The largest absolute Gasteiger partial charge is 0.484 e. The molecule has 0 aliphatic rings. The fourth-order valence-electron chi connectivity index (χ4n) is 2.59. The van der Waals surface area contributed by atoms with E-state index in [-0.39, 0.29) is 18.3 Å². The van der Waals surface area contributed by atoms with Crippen molar-refractivity contribution in [1.82, 2.24) is 5.32 Å². The quantitative estimate of drug-likeness (QED) is 0.659. The molecule has 1 atom stereocenters. The first-order chi connectivity index (χ1) is 13.6. The third-order valence-electron chi connectivity index (χ3n) is 3.91. The Morgan fingerprint density at radius 1 is 0.893 bits per heavy atom. The molecule has 6 heteroatoms. The van der Waals surface area contributed by atoms with Gasteiger partial charge in [-0.05, 0) is 29.8 Å². The molecule has 0 saturated carbocycles. The average molecular weight is 378 g/mol. The number of hydrogen-bond donors (Lipinski definition) is 2. The Morgan fingerprint density at radius 3 is 2.25 bits per heavy atom. The molecule has 2 N–H and O–H groups in total. The van der Waals surface area contributed by atoms with Crippen LogP contribution in [0.15, 0.2) is 84.9 Å². The van der Waals surface area contributed by atoms with E-state index >= 15 is 0 Å². The third kappa shape index (κ3) is 5.41. The lowest BCUT2D eigenvalue weighted by Crippen LogP contribution is -2.39. The molecular formula is C22H19FN2O3. The molecule has 0 fully saturated rings. The van der Waals surface area contributed by atoms with Crippen LogP contribution in [-0.2, 0) is 9.59 Å². The number of halogens is 1. The van der Waals surface area contributed by atoms with Gasteiger partial charge in [0.1, 0.15) is 17.6 Å². The maximum absolute atomic E-state index is 13.2. The molecule has 0 heterocycles. The van der Waals surface area contributed by atoms with Crippen molar-refractivity contribution < 1.29 is 18.7 Å². The van der Waals surface area contributed by atoms with Gasteiger partial charge in [-0.1, -0.05) is 54.6 Å². The van der Waals surface area contributed by atoms with Gasteiger partial charge in [0.15, 0.2) is 6.61 Å². The van der Waals surface area contributed by atoms with Crippen molar-refractivity contribution in [2.24, 2.45) is 0 Å². The van der Waals surface area contributed by atoms with Gasteiger partial charge in [0.05, 0.1) is 0 Å². The van der Waals surface area contributed by atoms with Crippen molar-refractivity contribution >= 4 is 17.5 Å². The van der Waals surface area contributed by atoms with Crippen molar-refractivity contribution in [3.63, 3.8) is 0 Å². The molecule has 5 nitrogen and oxygen atoms in total. The number of ether oxygens (including phenoxy) is 1. The molecule has 0 radical (unpaired) electrons. The second-order valence-corrected chi connectivity index (χ2v) is 6.01. The molecular weight excluding hydrogens is 359 g/mol. The lowest BCUT2D eigenvalue weighted by molar-refractivity contribution is -0.128. The number of hydrogen-bond acceptors (Lipinski definition) is 3. The van der Waals surface area contributed by atoms with E-state index < -0.39 is 17.8 Å². The highest BCUT2D eigenvalue weighted by atomic mass is 19.1. The molecule has 28 heavy (non-hydrogen) atoms. The van der Waals surface area contributed by atoms with Crippen LogP contribution in [0.25, 0.3) is 0 Å². The molecule has 0 bridgehead atoms. The Balaban J connectivity index is 1.68. The zero-order chi connectivity index (χ0) is 19.8. The maximum Gasteiger partial charge on any atom is 0.258 e. The first-order valence-corrected chi connectivity index (χ1v) is 8.70. The highest BCUT2D eigenvalue weighted by Crippen LogP contribution is 2.17. The summed E-state index contributed by atoms with van der Waals surface area (Å²) in [7, 11) is 0. The zero-order valence-corrected chi connectivity index (χ0v) is 15.0. The topological polar surface area (TPSA) is 67.4 Å². The number of benzene rings is 3. The van der Waals surface area contributed by atoms with E-state index in [1.807, 2.05) is 12.1 Å². The van der Waals surface area contributed by atoms with Crippen LogP contribution in [0.4, 0.5) is 10.1 Å². The summed E-state index contributed by atoms with van der Waals surface area (Å²) in [5.74, 6) is -1.10. The lowest BCUT2D eigenvalue weighted by atomic mass is 10.1. The molecule has 0 saturated heterocycles. The highest BCUT2D eigenvalue weighted by molar-refractivity contribution is 5.98. The van der Waals surface area contributed by atoms with Gasteiger partial charge in [-0.15, -0.1) is 0 Å². The smallest absolute Gasteiger partial charge is 0.258 e. The van der Waals surface area contributed by atoms with Gasteiger partial charge < -0.3 is 15.4 Å². The number of anilines is 1. The van der Waals surface area contributed by atoms with Gasteiger partial charge in [-0.3, -0.25) is 9.59 Å². The van der Waals surface area contributed by atoms with Gasteiger partial charge in [-0.2, -0.15) is 0 Å². The number of nitrogens with one attached hydrogen (secondary N) is 2. The van der Waals surface area contributed by atoms with Crippen molar-refractivity contribution in [3.8, 4) is 5.75 Å². The van der Waals surface area contributed by atoms with Gasteiger partial charge in [-0.25, -0.2) is 4.39 Å². The van der Waals surface area contributed by atoms with Crippen LogP contribution in [0.1, 0.15) is 11.6 Å². The van der Waals surface area contributed by atoms with Crippen LogP contribution in [0.2, 0.25) is 0 Å². The van der Waals surface area contributed by atoms with Crippen molar-refractivity contribution in [2.75, 3.05) is 11.9 Å². The second-order valence-electron chi connectivity index (χ2n) is 6.01. The normalized spacial score (nSPS) is 11.3. The standard InChI is InChI=1S/C22H19FN2O3/c23-17-10-7-13-19(14-17)28-15-20(26)25-21(16-8-3-1-4-9-16)22(27)24-18-11-5-2-6-12-18/h1-14,21H,15H2,(H,24,27)(H,25,26). The summed E-state index contributed by atoms with van der Waals surface area (Å²) in [6.07, 6.45) is 0. The van der Waals surface area contributed by atoms with Crippen molar-refractivity contribution in [1.29, 1.82) is 0 Å². The fourth-order valence-corrected chi connectivity index (χ4v) is 2.59. The molecule has 142 valence electrons. The first-order valence-electron chi connectivity index (χ1n) is 8.70.